The topological polar surface area (TPSA) is 81.1 Å². The summed E-state index contributed by atoms with van der Waals surface area (Å²) in [5, 5.41) is 3.62. The summed E-state index contributed by atoms with van der Waals surface area (Å²) in [4.78, 5) is 16.2. The largest absolute Gasteiger partial charge is 0.472 e. The van der Waals surface area contributed by atoms with Gasteiger partial charge in [-0.25, -0.2) is 0 Å². The van der Waals surface area contributed by atoms with Crippen LogP contribution in [-0.2, 0) is 0 Å². The summed E-state index contributed by atoms with van der Waals surface area (Å²) < 4.78 is 4.89. The first-order chi connectivity index (χ1) is 9.25. The minimum absolute atomic E-state index is 0.233. The second kappa shape index (κ2) is 4.45. The van der Waals surface area contributed by atoms with E-state index < -0.39 is 0 Å². The van der Waals surface area contributed by atoms with Crippen LogP contribution in [0.1, 0.15) is 10.4 Å². The molecule has 3 rings (SSSR count). The van der Waals surface area contributed by atoms with Gasteiger partial charge in [0, 0.05) is 11.6 Å². The normalized spacial score (nSPS) is 10.5. The molecule has 5 heteroatoms. The fourth-order valence-electron chi connectivity index (χ4n) is 1.89. The molecule has 0 fully saturated rings. The van der Waals surface area contributed by atoms with Crippen LogP contribution in [0.3, 0.4) is 0 Å². The Kier molecular flexibility index (Phi) is 2.64. The Labute approximate surface area is 109 Å². The number of furan rings is 1. The van der Waals surface area contributed by atoms with Gasteiger partial charge in [0.25, 0.3) is 5.91 Å². The molecule has 0 saturated heterocycles. The smallest absolute Gasteiger partial charge is 0.258 e. The second-order valence-electron chi connectivity index (χ2n) is 4.07. The minimum atomic E-state index is -0.233. The highest BCUT2D eigenvalue weighted by Crippen LogP contribution is 2.26. The number of pyridine rings is 1. The highest BCUT2D eigenvalue weighted by Gasteiger charge is 2.10. The van der Waals surface area contributed by atoms with E-state index in [1.54, 1.807) is 30.5 Å². The van der Waals surface area contributed by atoms with Crippen LogP contribution in [-0.4, -0.2) is 10.9 Å². The van der Waals surface area contributed by atoms with Gasteiger partial charge in [-0.3, -0.25) is 9.78 Å². The number of nitrogens with zero attached hydrogens (tertiary/aromatic N) is 1. The number of carbonyl (C=O) groups is 1. The predicted molar refractivity (Wildman–Crippen MR) is 72.8 cm³/mol. The number of hydrogen-bond acceptors (Lipinski definition) is 4. The molecule has 2 aromatic heterocycles. The van der Waals surface area contributed by atoms with Gasteiger partial charge < -0.3 is 15.5 Å². The number of nitrogens with two attached hydrogens (primary N) is 1. The number of aromatic nitrogens is 1. The summed E-state index contributed by atoms with van der Waals surface area (Å²) in [7, 11) is 0. The number of carbonyl (C=O) groups excluding carboxylic acids is 1. The number of amides is 1. The Balaban J connectivity index is 2.02. The van der Waals surface area contributed by atoms with E-state index in [9.17, 15) is 4.79 Å². The molecule has 0 spiro atoms. The summed E-state index contributed by atoms with van der Waals surface area (Å²) in [5.41, 5.74) is 8.25. The van der Waals surface area contributed by atoms with Crippen molar-refractivity contribution in [1.29, 1.82) is 0 Å². The van der Waals surface area contributed by atoms with E-state index in [2.05, 4.69) is 10.3 Å². The van der Waals surface area contributed by atoms with Crippen molar-refractivity contribution in [3.63, 3.8) is 0 Å². The van der Waals surface area contributed by atoms with Gasteiger partial charge in [-0.1, -0.05) is 0 Å². The summed E-state index contributed by atoms with van der Waals surface area (Å²) in [6.45, 7) is 0. The Morgan fingerprint density at radius 1 is 1.26 bits per heavy atom. The molecule has 0 atom stereocenters. The van der Waals surface area contributed by atoms with Gasteiger partial charge in [-0.05, 0) is 30.3 Å². The van der Waals surface area contributed by atoms with Crippen molar-refractivity contribution in [2.24, 2.45) is 0 Å². The van der Waals surface area contributed by atoms with Gasteiger partial charge in [0.15, 0.2) is 0 Å². The number of hydrogen-bond donors (Lipinski definition) is 2. The standard InChI is InChI=1S/C14H11N3O2/c15-11-3-4-12(10-2-1-6-16-13(10)11)17-14(18)9-5-7-19-8-9/h1-8H,15H2,(H,17,18). The van der Waals surface area contributed by atoms with Crippen molar-refractivity contribution in [2.75, 3.05) is 11.1 Å². The van der Waals surface area contributed by atoms with Gasteiger partial charge in [0.05, 0.1) is 28.7 Å². The molecule has 3 N–H and O–H groups in total. The third kappa shape index (κ3) is 2.01. The lowest BCUT2D eigenvalue weighted by Gasteiger charge is -2.08. The molecule has 0 saturated carbocycles. The molecule has 94 valence electrons. The molecule has 19 heavy (non-hydrogen) atoms. The third-order valence-electron chi connectivity index (χ3n) is 2.83. The Morgan fingerprint density at radius 3 is 2.95 bits per heavy atom. The van der Waals surface area contributed by atoms with Gasteiger partial charge in [-0.2, -0.15) is 0 Å². The van der Waals surface area contributed by atoms with Crippen LogP contribution in [0.15, 0.2) is 53.5 Å². The summed E-state index contributed by atoms with van der Waals surface area (Å²) in [5.74, 6) is -0.233. The number of benzene rings is 1. The molecule has 0 bridgehead atoms. The minimum Gasteiger partial charge on any atom is -0.472 e. The fraction of sp³-hybridized carbons (Fsp3) is 0. The highest BCUT2D eigenvalue weighted by atomic mass is 16.3. The fourth-order valence-corrected chi connectivity index (χ4v) is 1.89. The van der Waals surface area contributed by atoms with E-state index in [1.165, 1.54) is 12.5 Å². The first kappa shape index (κ1) is 11.3. The molecule has 0 aliphatic rings. The molecule has 5 nitrogen and oxygen atoms in total. The number of nitrogen functional groups attached to an aromatic ring is 1. The number of rotatable bonds is 2. The summed E-state index contributed by atoms with van der Waals surface area (Å²) >= 11 is 0. The Bertz CT molecular complexity index is 736. The molecule has 1 amide bonds. The predicted octanol–water partition coefficient (Wildman–Crippen LogP) is 2.66. The first-order valence-corrected chi connectivity index (χ1v) is 5.72. The molecule has 3 aromatic rings. The second-order valence-corrected chi connectivity index (χ2v) is 4.07. The quantitative estimate of drug-likeness (QED) is 0.688. The van der Waals surface area contributed by atoms with E-state index in [0.717, 1.165) is 5.39 Å². The van der Waals surface area contributed by atoms with Gasteiger partial charge in [0.2, 0.25) is 0 Å². The van der Waals surface area contributed by atoms with Crippen molar-refractivity contribution in [2.45, 2.75) is 0 Å². The van der Waals surface area contributed by atoms with Crippen molar-refractivity contribution in [1.82, 2.24) is 4.98 Å². The van der Waals surface area contributed by atoms with Gasteiger partial charge in [0.1, 0.15) is 6.26 Å². The molecular formula is C14H11N3O2. The average molecular weight is 253 g/mol. The maximum atomic E-state index is 12.0. The van der Waals surface area contributed by atoms with Crippen LogP contribution in [0.5, 0.6) is 0 Å². The maximum Gasteiger partial charge on any atom is 0.258 e. The number of nitrogens with one attached hydrogen (secondary N) is 1. The van der Waals surface area contributed by atoms with Crippen molar-refractivity contribution in [3.8, 4) is 0 Å². The zero-order valence-electron chi connectivity index (χ0n) is 9.96. The monoisotopic (exact) mass is 253 g/mol. The van der Waals surface area contributed by atoms with Crippen LogP contribution >= 0.6 is 0 Å². The molecule has 1 aromatic carbocycles. The molecular weight excluding hydrogens is 242 g/mol. The lowest BCUT2D eigenvalue weighted by atomic mass is 10.1. The Hall–Kier alpha value is -2.82. The van der Waals surface area contributed by atoms with Crippen molar-refractivity contribution < 1.29 is 9.21 Å². The van der Waals surface area contributed by atoms with Gasteiger partial charge >= 0.3 is 0 Å². The van der Waals surface area contributed by atoms with Crippen molar-refractivity contribution in [3.05, 3.63) is 54.6 Å². The SMILES string of the molecule is Nc1ccc(NC(=O)c2ccoc2)c2cccnc12. The van der Waals surface area contributed by atoms with Crippen LogP contribution in [0.4, 0.5) is 11.4 Å². The number of fused-ring (bicyclic) bond motifs is 1. The average Bonchev–Trinajstić information content (AvgIpc) is 2.96. The Morgan fingerprint density at radius 2 is 2.16 bits per heavy atom. The van der Waals surface area contributed by atoms with Crippen LogP contribution in [0.2, 0.25) is 0 Å². The zero-order valence-corrected chi connectivity index (χ0v) is 9.96. The first-order valence-electron chi connectivity index (χ1n) is 5.72. The number of anilines is 2. The van der Waals surface area contributed by atoms with Crippen LogP contribution in [0.25, 0.3) is 10.9 Å². The lowest BCUT2D eigenvalue weighted by molar-refractivity contribution is 0.102. The molecule has 0 radical (unpaired) electrons. The maximum absolute atomic E-state index is 12.0. The lowest BCUT2D eigenvalue weighted by Crippen LogP contribution is -2.11. The van der Waals surface area contributed by atoms with E-state index in [4.69, 9.17) is 10.2 Å². The van der Waals surface area contributed by atoms with Crippen LogP contribution < -0.4 is 11.1 Å². The summed E-state index contributed by atoms with van der Waals surface area (Å²) in [6.07, 6.45) is 4.52. The highest BCUT2D eigenvalue weighted by molar-refractivity contribution is 6.09. The molecule has 0 unspecified atom stereocenters. The third-order valence-corrected chi connectivity index (χ3v) is 2.83. The zero-order chi connectivity index (χ0) is 13.2. The van der Waals surface area contributed by atoms with E-state index in [0.29, 0.717) is 22.5 Å². The van der Waals surface area contributed by atoms with E-state index >= 15 is 0 Å². The molecule has 0 aliphatic heterocycles. The van der Waals surface area contributed by atoms with E-state index in [-0.39, 0.29) is 5.91 Å². The van der Waals surface area contributed by atoms with Gasteiger partial charge in [-0.15, -0.1) is 0 Å². The van der Waals surface area contributed by atoms with E-state index in [1.807, 2.05) is 6.07 Å². The molecule has 2 heterocycles. The molecule has 0 aliphatic carbocycles. The van der Waals surface area contributed by atoms with Crippen LogP contribution in [0, 0.1) is 0 Å². The summed E-state index contributed by atoms with van der Waals surface area (Å²) in [6, 6.07) is 8.75. The van der Waals surface area contributed by atoms with Crippen molar-refractivity contribution >= 4 is 28.2 Å².